The van der Waals surface area contributed by atoms with Crippen LogP contribution in [0, 0.1) is 0 Å². The highest BCUT2D eigenvalue weighted by Crippen LogP contribution is 2.36. The Kier molecular flexibility index (Phi) is 6.69. The Morgan fingerprint density at radius 1 is 0.612 bits per heavy atom. The molecule has 0 atom stereocenters. The van der Waals surface area contributed by atoms with E-state index in [1.165, 1.54) is 10.8 Å². The van der Waals surface area contributed by atoms with Crippen LogP contribution in [0.15, 0.2) is 145 Å². The normalized spacial score (nSPS) is 13.7. The molecule has 0 aliphatic carbocycles. The summed E-state index contributed by atoms with van der Waals surface area (Å²) in [6, 6.07) is 40.3. The van der Waals surface area contributed by atoms with Crippen LogP contribution in [0.5, 0.6) is 0 Å². The molecule has 0 spiro atoms. The summed E-state index contributed by atoms with van der Waals surface area (Å²) in [5.41, 5.74) is 6.02. The average molecular weight is 645 g/mol. The fourth-order valence-electron chi connectivity index (χ4n) is 6.99. The van der Waals surface area contributed by atoms with Crippen LogP contribution in [0.3, 0.4) is 0 Å². The molecule has 5 aromatic carbocycles. The summed E-state index contributed by atoms with van der Waals surface area (Å²) in [6.45, 7) is 0. The molecule has 4 nitrogen and oxygen atoms in total. The zero-order chi connectivity index (χ0) is 33.1. The second-order valence-electron chi connectivity index (χ2n) is 12.3. The maximum absolute atomic E-state index is 14.4. The molecular weight excluding hydrogens is 617 g/mol. The van der Waals surface area contributed by atoms with Gasteiger partial charge in [-0.3, -0.25) is 9.98 Å². The van der Waals surface area contributed by atoms with Crippen molar-refractivity contribution in [2.24, 2.45) is 4.99 Å². The summed E-state index contributed by atoms with van der Waals surface area (Å²) in [7, 11) is 0. The van der Waals surface area contributed by atoms with Crippen molar-refractivity contribution in [1.29, 1.82) is 0 Å². The molecule has 0 N–H and O–H groups in total. The minimum Gasteiger partial charge on any atom is -0.308 e. The molecule has 1 aliphatic rings. The van der Waals surface area contributed by atoms with Crippen molar-refractivity contribution < 1.29 is 13.2 Å². The zero-order valence-electron chi connectivity index (χ0n) is 26.1. The maximum Gasteiger partial charge on any atom is 0.416 e. The van der Waals surface area contributed by atoms with Crippen LogP contribution >= 0.6 is 0 Å². The first kappa shape index (κ1) is 29.1. The van der Waals surface area contributed by atoms with Crippen molar-refractivity contribution in [3.05, 3.63) is 156 Å². The first-order chi connectivity index (χ1) is 23.9. The van der Waals surface area contributed by atoms with Gasteiger partial charge in [0.1, 0.15) is 0 Å². The van der Waals surface area contributed by atoms with Crippen molar-refractivity contribution in [3.8, 4) is 16.9 Å². The smallest absolute Gasteiger partial charge is 0.308 e. The predicted octanol–water partition coefficient (Wildman–Crippen LogP) is 11.2. The zero-order valence-corrected chi connectivity index (χ0v) is 26.1. The van der Waals surface area contributed by atoms with Gasteiger partial charge in [0.25, 0.3) is 0 Å². The van der Waals surface area contributed by atoms with Gasteiger partial charge in [-0.2, -0.15) is 13.2 Å². The molecule has 0 radical (unpaired) electrons. The molecular formula is C42H27F3N4. The van der Waals surface area contributed by atoms with E-state index in [4.69, 9.17) is 9.98 Å². The van der Waals surface area contributed by atoms with Crippen LogP contribution in [-0.4, -0.2) is 20.2 Å². The number of alkyl halides is 3. The van der Waals surface area contributed by atoms with E-state index in [-0.39, 0.29) is 11.4 Å². The van der Waals surface area contributed by atoms with E-state index in [9.17, 15) is 13.2 Å². The van der Waals surface area contributed by atoms with Gasteiger partial charge in [-0.1, -0.05) is 84.9 Å². The number of nitrogens with zero attached hydrogens (tertiary/aromatic N) is 4. The van der Waals surface area contributed by atoms with E-state index in [1.54, 1.807) is 12.3 Å². The van der Waals surface area contributed by atoms with Crippen LogP contribution in [0.1, 0.15) is 29.7 Å². The van der Waals surface area contributed by atoms with E-state index in [0.717, 1.165) is 61.8 Å². The van der Waals surface area contributed by atoms with E-state index in [0.29, 0.717) is 24.1 Å². The molecule has 1 aliphatic heterocycles. The number of benzene rings is 5. The number of para-hydroxylation sites is 1. The summed E-state index contributed by atoms with van der Waals surface area (Å²) < 4.78 is 45.3. The highest BCUT2D eigenvalue weighted by Gasteiger charge is 2.32. The third-order valence-corrected chi connectivity index (χ3v) is 9.29. The third-order valence-electron chi connectivity index (χ3n) is 9.29. The molecule has 7 heteroatoms. The number of pyridine rings is 2. The number of rotatable bonds is 4. The van der Waals surface area contributed by atoms with Crippen molar-refractivity contribution in [3.63, 3.8) is 0 Å². The summed E-state index contributed by atoms with van der Waals surface area (Å²) in [5, 5.41) is 5.57. The number of fused-ring (bicyclic) bond motifs is 6. The van der Waals surface area contributed by atoms with Gasteiger partial charge in [0, 0.05) is 28.4 Å². The van der Waals surface area contributed by atoms with E-state index >= 15 is 0 Å². The lowest BCUT2D eigenvalue weighted by atomic mass is 9.97. The first-order valence-corrected chi connectivity index (χ1v) is 16.1. The summed E-state index contributed by atoms with van der Waals surface area (Å²) >= 11 is 0. The van der Waals surface area contributed by atoms with E-state index < -0.39 is 11.7 Å². The summed E-state index contributed by atoms with van der Waals surface area (Å²) in [6.07, 6.45) is 0.389. The fourth-order valence-corrected chi connectivity index (χ4v) is 6.99. The SMILES string of the molecule is FC(F)(F)c1cc(C2=NC(c3ccc4c(ccc5ccccc54)c3)=CCC2)nc(-c2cccc(-n3c4ccccc4c4ncccc43)c2)c1. The fraction of sp³-hybridized carbons (Fsp3) is 0.0714. The predicted molar refractivity (Wildman–Crippen MR) is 192 cm³/mol. The van der Waals surface area contributed by atoms with Gasteiger partial charge < -0.3 is 4.57 Å². The Balaban J connectivity index is 1.14. The van der Waals surface area contributed by atoms with Crippen molar-refractivity contribution in [2.75, 3.05) is 0 Å². The minimum atomic E-state index is -4.56. The van der Waals surface area contributed by atoms with Gasteiger partial charge in [-0.05, 0) is 82.9 Å². The van der Waals surface area contributed by atoms with E-state index in [1.807, 2.05) is 78.9 Å². The Hall–Kier alpha value is -6.08. The number of hydrogen-bond donors (Lipinski definition) is 0. The minimum absolute atomic E-state index is 0.230. The third kappa shape index (κ3) is 5.06. The number of halogens is 3. The number of hydrogen-bond acceptors (Lipinski definition) is 3. The number of aromatic nitrogens is 3. The lowest BCUT2D eigenvalue weighted by Gasteiger charge is -2.17. The van der Waals surface area contributed by atoms with Crippen LogP contribution < -0.4 is 0 Å². The molecule has 3 aromatic heterocycles. The lowest BCUT2D eigenvalue weighted by Crippen LogP contribution is -2.12. The van der Waals surface area contributed by atoms with Gasteiger partial charge in [0.2, 0.25) is 0 Å². The highest BCUT2D eigenvalue weighted by molar-refractivity contribution is 6.09. The van der Waals surface area contributed by atoms with Crippen molar-refractivity contribution >= 4 is 54.9 Å². The van der Waals surface area contributed by atoms with Gasteiger partial charge in [0.15, 0.2) is 0 Å². The van der Waals surface area contributed by atoms with Crippen molar-refractivity contribution in [1.82, 2.24) is 14.5 Å². The Labute approximate surface area is 279 Å². The monoisotopic (exact) mass is 644 g/mol. The molecule has 0 saturated carbocycles. The second kappa shape index (κ2) is 11.3. The largest absolute Gasteiger partial charge is 0.416 e. The lowest BCUT2D eigenvalue weighted by molar-refractivity contribution is -0.137. The van der Waals surface area contributed by atoms with Crippen LogP contribution in [0.25, 0.3) is 66.1 Å². The Morgan fingerprint density at radius 3 is 2.29 bits per heavy atom. The standard InChI is InChI=1S/C42H27F3N4/c43-42(44,45)30-24-37(28-9-5-10-31(23-28)49-39-15-4-3-12-34(39)41-40(49)16-7-21-46-41)48-38(25-30)36-14-6-13-35(47-36)29-19-20-33-27(22-29)18-17-26-8-1-2-11-32(26)33/h1-5,7-13,15-25H,6,14H2. The Morgan fingerprint density at radius 2 is 1.39 bits per heavy atom. The highest BCUT2D eigenvalue weighted by atomic mass is 19.4. The molecule has 0 amide bonds. The number of aliphatic imine (C=N–C) groups is 1. The van der Waals surface area contributed by atoms with Crippen LogP contribution in [-0.2, 0) is 6.18 Å². The van der Waals surface area contributed by atoms with Gasteiger partial charge in [-0.25, -0.2) is 4.98 Å². The molecule has 0 saturated heterocycles. The topological polar surface area (TPSA) is 43.1 Å². The average Bonchev–Trinajstić information content (AvgIpc) is 3.48. The number of allylic oxidation sites excluding steroid dienone is 1. The Bertz CT molecular complexity index is 2610. The van der Waals surface area contributed by atoms with Gasteiger partial charge in [-0.15, -0.1) is 0 Å². The first-order valence-electron chi connectivity index (χ1n) is 16.1. The summed E-state index contributed by atoms with van der Waals surface area (Å²) in [4.78, 5) is 14.4. The van der Waals surface area contributed by atoms with Crippen LogP contribution in [0.4, 0.5) is 13.2 Å². The van der Waals surface area contributed by atoms with E-state index in [2.05, 4.69) is 45.9 Å². The summed E-state index contributed by atoms with van der Waals surface area (Å²) in [5.74, 6) is 0. The molecule has 0 bridgehead atoms. The second-order valence-corrected chi connectivity index (χ2v) is 12.3. The molecule has 49 heavy (non-hydrogen) atoms. The molecule has 8 aromatic rings. The quantitative estimate of drug-likeness (QED) is 0.179. The molecule has 0 unspecified atom stereocenters. The van der Waals surface area contributed by atoms with Gasteiger partial charge >= 0.3 is 6.18 Å². The molecule has 0 fully saturated rings. The molecule has 236 valence electrons. The maximum atomic E-state index is 14.4. The molecule has 4 heterocycles. The van der Waals surface area contributed by atoms with Gasteiger partial charge in [0.05, 0.1) is 44.9 Å². The van der Waals surface area contributed by atoms with Crippen molar-refractivity contribution in [2.45, 2.75) is 19.0 Å². The molecule has 9 rings (SSSR count). The van der Waals surface area contributed by atoms with Crippen LogP contribution in [0.2, 0.25) is 0 Å².